The number of nitrogens with zero attached hydrogens (tertiary/aromatic N) is 1. The third kappa shape index (κ3) is 6.19. The molecule has 200 valence electrons. The molecule has 4 N–H and O–H groups in total. The van der Waals surface area contributed by atoms with E-state index in [9.17, 15) is 29.2 Å². The van der Waals surface area contributed by atoms with E-state index in [2.05, 4.69) is 5.09 Å². The molecule has 1 aromatic carbocycles. The van der Waals surface area contributed by atoms with E-state index in [4.69, 9.17) is 24.9 Å². The average molecular weight is 537 g/mol. The zero-order valence-corrected chi connectivity index (χ0v) is 21.2. The Bertz CT molecular complexity index is 1320. The number of benzene rings is 1. The fourth-order valence-electron chi connectivity index (χ4n) is 3.52. The van der Waals surface area contributed by atoms with Gasteiger partial charge < -0.3 is 24.2 Å². The molecule has 3 rings (SSSR count). The molecule has 0 spiro atoms. The van der Waals surface area contributed by atoms with Crippen molar-refractivity contribution < 1.29 is 38.1 Å². The molecular weight excluding hydrogens is 509 g/mol. The third-order valence-corrected chi connectivity index (χ3v) is 7.17. The van der Waals surface area contributed by atoms with Gasteiger partial charge in [-0.2, -0.15) is 5.09 Å². The van der Waals surface area contributed by atoms with Gasteiger partial charge in [-0.05, 0) is 32.9 Å². The summed E-state index contributed by atoms with van der Waals surface area (Å²) in [6.07, 6.45) is 1.64. The number of rotatable bonds is 10. The third-order valence-electron chi connectivity index (χ3n) is 5.40. The van der Waals surface area contributed by atoms with Crippen molar-refractivity contribution in [3.63, 3.8) is 0 Å². The Morgan fingerprint density at radius 1 is 1.32 bits per heavy atom. The summed E-state index contributed by atoms with van der Waals surface area (Å²) in [6, 6.07) is 8.97. The van der Waals surface area contributed by atoms with Gasteiger partial charge in [0, 0.05) is 12.3 Å². The first-order chi connectivity index (χ1) is 17.3. The van der Waals surface area contributed by atoms with Crippen molar-refractivity contribution in [1.82, 2.24) is 14.6 Å². The number of H-pyrrole nitrogens is 1. The molecule has 5 atom stereocenters. The van der Waals surface area contributed by atoms with Crippen molar-refractivity contribution in [2.24, 2.45) is 0 Å². The number of aromatic amines is 1. The Hall–Kier alpha value is -3.24. The number of ether oxygens (including phenoxy) is 2. The number of hydrogen-bond acceptors (Lipinski definition) is 10. The van der Waals surface area contributed by atoms with Crippen LogP contribution in [0.3, 0.4) is 0 Å². The second-order valence-corrected chi connectivity index (χ2v) is 10.3. The maximum atomic E-state index is 13.7. The van der Waals surface area contributed by atoms with Crippen LogP contribution in [0.4, 0.5) is 0 Å². The van der Waals surface area contributed by atoms with Gasteiger partial charge in [-0.25, -0.2) is 9.36 Å². The van der Waals surface area contributed by atoms with Crippen LogP contribution >= 0.6 is 7.75 Å². The maximum Gasteiger partial charge on any atom is 0.459 e. The molecule has 0 saturated carbocycles. The highest BCUT2D eigenvalue weighted by molar-refractivity contribution is 7.52. The van der Waals surface area contributed by atoms with Gasteiger partial charge in [0.05, 0.1) is 13.2 Å². The van der Waals surface area contributed by atoms with Crippen molar-refractivity contribution in [2.75, 3.05) is 13.2 Å². The van der Waals surface area contributed by atoms with Gasteiger partial charge in [0.25, 0.3) is 5.56 Å². The van der Waals surface area contributed by atoms with Gasteiger partial charge in [0.1, 0.15) is 23.5 Å². The maximum absolute atomic E-state index is 13.7. The molecule has 1 fully saturated rings. The van der Waals surface area contributed by atoms with E-state index >= 15 is 0 Å². The summed E-state index contributed by atoms with van der Waals surface area (Å²) in [6.45, 7) is 3.85. The quantitative estimate of drug-likeness (QED) is 0.186. The molecule has 37 heavy (non-hydrogen) atoms. The largest absolute Gasteiger partial charge is 0.465 e. The van der Waals surface area contributed by atoms with Gasteiger partial charge in [-0.1, -0.05) is 24.1 Å². The molecule has 2 aromatic rings. The summed E-state index contributed by atoms with van der Waals surface area (Å²) in [5.74, 6) is 1.42. The van der Waals surface area contributed by atoms with Gasteiger partial charge in [0.2, 0.25) is 0 Å². The highest BCUT2D eigenvalue weighted by Gasteiger charge is 2.56. The Kier molecular flexibility index (Phi) is 8.44. The van der Waals surface area contributed by atoms with E-state index in [1.807, 2.05) is 10.9 Å². The standard InChI is InChI=1S/C23H28N3O10P/c1-5-23(31)18(28)16(35-19(23)26-13-12-17(27)24-21(26)30)14-34-37(32,36-15-10-8-7-9-11-15)25-22(3,4)20(29)33-6-2/h1,7-13,16,18-19,28,31H,6,14H2,2-4H3,(H,25,32)(H,24,27,30). The number of aliphatic hydroxyl groups is 2. The van der Waals surface area contributed by atoms with E-state index < -0.39 is 61.1 Å². The van der Waals surface area contributed by atoms with Crippen LogP contribution in [0.5, 0.6) is 5.75 Å². The molecule has 1 aliphatic heterocycles. The number of nitrogens with one attached hydrogen (secondary N) is 2. The SMILES string of the molecule is C#CC1(O)C(O)C(COP(=O)(NC(C)(C)C(=O)OCC)Oc2ccccc2)OC1n1ccc(=O)[nH]c1=O. The zero-order valence-electron chi connectivity index (χ0n) is 20.3. The van der Waals surface area contributed by atoms with Crippen LogP contribution in [0.2, 0.25) is 0 Å². The van der Waals surface area contributed by atoms with Crippen molar-refractivity contribution in [1.29, 1.82) is 0 Å². The fourth-order valence-corrected chi connectivity index (χ4v) is 5.20. The molecular formula is C23H28N3O10P. The van der Waals surface area contributed by atoms with Crippen LogP contribution < -0.4 is 20.9 Å². The highest BCUT2D eigenvalue weighted by Crippen LogP contribution is 2.48. The average Bonchev–Trinajstić information content (AvgIpc) is 3.09. The highest BCUT2D eigenvalue weighted by atomic mass is 31.2. The lowest BCUT2D eigenvalue weighted by Crippen LogP contribution is -2.48. The summed E-state index contributed by atoms with van der Waals surface area (Å²) in [5, 5.41) is 24.2. The summed E-state index contributed by atoms with van der Waals surface area (Å²) in [4.78, 5) is 38.1. The van der Waals surface area contributed by atoms with Gasteiger partial charge in [-0.3, -0.25) is 23.7 Å². The zero-order chi connectivity index (χ0) is 27.4. The lowest BCUT2D eigenvalue weighted by Gasteiger charge is -2.30. The summed E-state index contributed by atoms with van der Waals surface area (Å²) >= 11 is 0. The molecule has 1 aliphatic rings. The van der Waals surface area contributed by atoms with Crippen molar-refractivity contribution in [3.05, 3.63) is 63.4 Å². The number of aliphatic hydroxyl groups excluding tert-OH is 1. The van der Waals surface area contributed by atoms with Crippen LogP contribution in [-0.4, -0.2) is 62.3 Å². The molecule has 0 aliphatic carbocycles. The topological polar surface area (TPSA) is 178 Å². The predicted molar refractivity (Wildman–Crippen MR) is 129 cm³/mol. The number of hydrogen-bond donors (Lipinski definition) is 4. The smallest absolute Gasteiger partial charge is 0.459 e. The monoisotopic (exact) mass is 537 g/mol. The first-order valence-electron chi connectivity index (χ1n) is 11.2. The number of carbonyl (C=O) groups excluding carboxylic acids is 1. The molecule has 5 unspecified atom stereocenters. The second-order valence-electron chi connectivity index (χ2n) is 8.61. The van der Waals surface area contributed by atoms with Gasteiger partial charge >= 0.3 is 19.4 Å². The van der Waals surface area contributed by atoms with Gasteiger partial charge in [0.15, 0.2) is 11.8 Å². The van der Waals surface area contributed by atoms with E-state index in [0.717, 1.165) is 16.8 Å². The number of esters is 1. The molecule has 0 amide bonds. The summed E-state index contributed by atoms with van der Waals surface area (Å²) in [5.41, 5.74) is -5.59. The second kappa shape index (κ2) is 11.0. The molecule has 1 aromatic heterocycles. The van der Waals surface area contributed by atoms with E-state index in [0.29, 0.717) is 0 Å². The van der Waals surface area contributed by atoms with Crippen LogP contribution in [0.15, 0.2) is 52.2 Å². The Morgan fingerprint density at radius 3 is 2.59 bits per heavy atom. The molecule has 0 bridgehead atoms. The summed E-state index contributed by atoms with van der Waals surface area (Å²) in [7, 11) is -4.37. The molecule has 1 saturated heterocycles. The van der Waals surface area contributed by atoms with Crippen LogP contribution in [-0.2, 0) is 23.4 Å². The lowest BCUT2D eigenvalue weighted by atomic mass is 9.95. The molecule has 2 heterocycles. The van der Waals surface area contributed by atoms with Crippen LogP contribution in [0, 0.1) is 12.3 Å². The van der Waals surface area contributed by atoms with Crippen molar-refractivity contribution in [2.45, 2.75) is 50.3 Å². The number of carbonyl (C=O) groups is 1. The minimum atomic E-state index is -4.37. The predicted octanol–water partition coefficient (Wildman–Crippen LogP) is 0.294. The van der Waals surface area contributed by atoms with Crippen molar-refractivity contribution in [3.8, 4) is 18.1 Å². The molecule has 13 nitrogen and oxygen atoms in total. The fraction of sp³-hybridized carbons (Fsp3) is 0.435. The van der Waals surface area contributed by atoms with Gasteiger partial charge in [-0.15, -0.1) is 6.42 Å². The first kappa shape index (κ1) is 28.3. The van der Waals surface area contributed by atoms with E-state index in [-0.39, 0.29) is 12.4 Å². The van der Waals surface area contributed by atoms with Crippen LogP contribution in [0.1, 0.15) is 27.0 Å². The van der Waals surface area contributed by atoms with Crippen molar-refractivity contribution >= 4 is 13.7 Å². The number of terminal acetylenes is 1. The minimum Gasteiger partial charge on any atom is -0.465 e. The Morgan fingerprint density at radius 2 is 2.00 bits per heavy atom. The van der Waals surface area contributed by atoms with E-state index in [1.165, 1.54) is 26.0 Å². The van der Waals surface area contributed by atoms with E-state index in [1.54, 1.807) is 25.1 Å². The summed E-state index contributed by atoms with van der Waals surface area (Å²) < 4.78 is 36.3. The molecule has 0 radical (unpaired) electrons. The minimum absolute atomic E-state index is 0.0763. The Labute approximate surface area is 211 Å². The molecule has 14 heteroatoms. The lowest BCUT2D eigenvalue weighted by molar-refractivity contribution is -0.149. The first-order valence-corrected chi connectivity index (χ1v) is 12.7. The normalized spacial score (nSPS) is 25.1. The van der Waals surface area contributed by atoms with Crippen LogP contribution in [0.25, 0.3) is 0 Å². The number of para-hydroxylation sites is 1. The number of aromatic nitrogens is 2. The Balaban J connectivity index is 1.87.